The Kier molecular flexibility index (Phi) is 8.06. The Balaban J connectivity index is 0.00000274. The number of thiophene rings is 1. The lowest BCUT2D eigenvalue weighted by molar-refractivity contribution is 0.253. The average molecular weight is 517 g/mol. The molecule has 34 heavy (non-hydrogen) atoms. The van der Waals surface area contributed by atoms with E-state index in [4.69, 9.17) is 0 Å². The molecule has 0 bridgehead atoms. The van der Waals surface area contributed by atoms with Gasteiger partial charge in [0.2, 0.25) is 10.0 Å². The van der Waals surface area contributed by atoms with E-state index >= 15 is 0 Å². The second-order valence-corrected chi connectivity index (χ2v) is 11.1. The predicted octanol–water partition coefficient (Wildman–Crippen LogP) is 4.75. The molecule has 2 aromatic heterocycles. The van der Waals surface area contributed by atoms with Crippen molar-refractivity contribution in [2.45, 2.75) is 17.7 Å². The zero-order chi connectivity index (χ0) is 22.7. The number of benzene rings is 2. The first-order valence-electron chi connectivity index (χ1n) is 11.4. The van der Waals surface area contributed by atoms with E-state index in [1.165, 1.54) is 22.0 Å². The molecule has 1 aliphatic heterocycles. The number of piperazine rings is 1. The van der Waals surface area contributed by atoms with Gasteiger partial charge in [0.15, 0.2) is 0 Å². The fourth-order valence-electron chi connectivity index (χ4n) is 4.51. The highest BCUT2D eigenvalue weighted by atomic mass is 35.5. The Bertz CT molecular complexity index is 1350. The Morgan fingerprint density at radius 1 is 0.912 bits per heavy atom. The summed E-state index contributed by atoms with van der Waals surface area (Å²) in [6.07, 6.45) is 4.90. The fraction of sp³-hybridized carbons (Fsp3) is 0.320. The molecule has 4 aromatic rings. The Labute approximate surface area is 211 Å². The summed E-state index contributed by atoms with van der Waals surface area (Å²) in [6, 6.07) is 16.2. The average Bonchev–Trinajstić information content (AvgIpc) is 3.33. The van der Waals surface area contributed by atoms with Gasteiger partial charge < -0.3 is 4.90 Å². The highest BCUT2D eigenvalue weighted by Gasteiger charge is 2.19. The van der Waals surface area contributed by atoms with Gasteiger partial charge in [0.25, 0.3) is 0 Å². The third-order valence-corrected chi connectivity index (χ3v) is 8.67. The highest BCUT2D eigenvalue weighted by molar-refractivity contribution is 7.89. The molecule has 1 saturated heterocycles. The molecule has 0 saturated carbocycles. The van der Waals surface area contributed by atoms with Crippen LogP contribution in [0, 0.1) is 0 Å². The van der Waals surface area contributed by atoms with Gasteiger partial charge >= 0.3 is 0 Å². The van der Waals surface area contributed by atoms with E-state index in [1.807, 2.05) is 24.3 Å². The molecule has 180 valence electrons. The van der Waals surface area contributed by atoms with Gasteiger partial charge in [-0.1, -0.05) is 30.3 Å². The third kappa shape index (κ3) is 5.37. The monoisotopic (exact) mass is 516 g/mol. The number of hydrogen-bond donors (Lipinski definition) is 1. The van der Waals surface area contributed by atoms with E-state index in [1.54, 1.807) is 17.5 Å². The van der Waals surface area contributed by atoms with Crippen LogP contribution in [0.5, 0.6) is 0 Å². The molecule has 0 atom stereocenters. The van der Waals surface area contributed by atoms with Crippen molar-refractivity contribution >= 4 is 60.3 Å². The molecule has 3 heterocycles. The first-order valence-corrected chi connectivity index (χ1v) is 13.7. The lowest BCUT2D eigenvalue weighted by atomic mass is 10.2. The standard InChI is InChI=1S/C25H28N4O2S2.ClH/c30-33(31,25-19-26-18-20-6-1-2-7-21(20)25)27-11-3-4-12-28-13-15-29(16-14-28)23-8-5-9-24-22(23)10-17-32-24;/h1-2,5-10,17-19,27H,3-4,11-16H2;1H. The first-order chi connectivity index (χ1) is 16.1. The molecule has 1 N–H and O–H groups in total. The molecule has 0 aliphatic carbocycles. The number of nitrogens with one attached hydrogen (secondary N) is 1. The number of anilines is 1. The van der Waals surface area contributed by atoms with E-state index in [0.29, 0.717) is 11.9 Å². The highest BCUT2D eigenvalue weighted by Crippen LogP contribution is 2.31. The zero-order valence-electron chi connectivity index (χ0n) is 18.9. The van der Waals surface area contributed by atoms with Crippen molar-refractivity contribution in [3.63, 3.8) is 0 Å². The van der Waals surface area contributed by atoms with Crippen molar-refractivity contribution < 1.29 is 8.42 Å². The van der Waals surface area contributed by atoms with Gasteiger partial charge in [-0.15, -0.1) is 23.7 Å². The zero-order valence-corrected chi connectivity index (χ0v) is 21.3. The van der Waals surface area contributed by atoms with Crippen molar-refractivity contribution in [1.29, 1.82) is 0 Å². The minimum Gasteiger partial charge on any atom is -0.368 e. The second kappa shape index (κ2) is 11.0. The summed E-state index contributed by atoms with van der Waals surface area (Å²) in [5.41, 5.74) is 1.34. The summed E-state index contributed by atoms with van der Waals surface area (Å²) in [7, 11) is -3.58. The summed E-state index contributed by atoms with van der Waals surface area (Å²) in [6.45, 7) is 5.55. The Hall–Kier alpha value is -2.23. The van der Waals surface area contributed by atoms with Crippen molar-refractivity contribution in [2.24, 2.45) is 0 Å². The van der Waals surface area contributed by atoms with Crippen LogP contribution in [0.4, 0.5) is 5.69 Å². The number of sulfonamides is 1. The molecule has 9 heteroatoms. The molecule has 0 amide bonds. The first kappa shape index (κ1) is 24.9. The molecule has 6 nitrogen and oxygen atoms in total. The van der Waals surface area contributed by atoms with Crippen molar-refractivity contribution in [3.05, 3.63) is 66.3 Å². The molecule has 0 spiro atoms. The largest absolute Gasteiger partial charge is 0.368 e. The Morgan fingerprint density at radius 3 is 2.59 bits per heavy atom. The van der Waals surface area contributed by atoms with Crippen LogP contribution in [-0.4, -0.2) is 57.6 Å². The molecule has 0 radical (unpaired) electrons. The van der Waals surface area contributed by atoms with Gasteiger partial charge in [-0.3, -0.25) is 9.88 Å². The van der Waals surface area contributed by atoms with Crippen LogP contribution in [0.25, 0.3) is 20.9 Å². The summed E-state index contributed by atoms with van der Waals surface area (Å²) < 4.78 is 29.7. The molecule has 2 aromatic carbocycles. The minimum atomic E-state index is -3.58. The van der Waals surface area contributed by atoms with Crippen LogP contribution in [0.15, 0.2) is 71.2 Å². The van der Waals surface area contributed by atoms with Crippen LogP contribution < -0.4 is 9.62 Å². The SMILES string of the molecule is Cl.O=S(=O)(NCCCCN1CCN(c2cccc3sccc23)CC1)c1cncc2ccccc12. The summed E-state index contributed by atoms with van der Waals surface area (Å²) >= 11 is 1.79. The van der Waals surface area contributed by atoms with Crippen molar-refractivity contribution in [2.75, 3.05) is 44.2 Å². The van der Waals surface area contributed by atoms with Crippen LogP contribution in [0.1, 0.15) is 12.8 Å². The molecule has 1 aliphatic rings. The van der Waals surface area contributed by atoms with Crippen molar-refractivity contribution in [3.8, 4) is 0 Å². The van der Waals surface area contributed by atoms with Crippen LogP contribution in [0.3, 0.4) is 0 Å². The van der Waals surface area contributed by atoms with Gasteiger partial charge in [-0.25, -0.2) is 13.1 Å². The number of unbranched alkanes of at least 4 members (excludes halogenated alkanes) is 1. The van der Waals surface area contributed by atoms with Crippen molar-refractivity contribution in [1.82, 2.24) is 14.6 Å². The van der Waals surface area contributed by atoms with Gasteiger partial charge in [0, 0.05) is 71.7 Å². The third-order valence-electron chi connectivity index (χ3n) is 6.30. The van der Waals surface area contributed by atoms with Gasteiger partial charge in [0.1, 0.15) is 4.90 Å². The van der Waals surface area contributed by atoms with Gasteiger partial charge in [-0.2, -0.15) is 0 Å². The summed E-state index contributed by atoms with van der Waals surface area (Å²) in [5.74, 6) is 0. The van der Waals surface area contributed by atoms with Crippen LogP contribution >= 0.6 is 23.7 Å². The fourth-order valence-corrected chi connectivity index (χ4v) is 6.56. The van der Waals surface area contributed by atoms with Crippen LogP contribution in [-0.2, 0) is 10.0 Å². The number of pyridine rings is 1. The number of fused-ring (bicyclic) bond motifs is 2. The number of nitrogens with zero attached hydrogens (tertiary/aromatic N) is 3. The molecular formula is C25H29ClN4O2S2. The summed E-state index contributed by atoms with van der Waals surface area (Å²) in [4.78, 5) is 9.31. The predicted molar refractivity (Wildman–Crippen MR) is 144 cm³/mol. The molecule has 0 unspecified atom stereocenters. The van der Waals surface area contributed by atoms with Crippen LogP contribution in [0.2, 0.25) is 0 Å². The van der Waals surface area contributed by atoms with Gasteiger partial charge in [-0.05, 0) is 43.0 Å². The van der Waals surface area contributed by atoms with E-state index in [2.05, 4.69) is 49.2 Å². The number of rotatable bonds is 8. The number of halogens is 1. The van der Waals surface area contributed by atoms with Gasteiger partial charge in [0.05, 0.1) is 0 Å². The van der Waals surface area contributed by atoms with E-state index in [0.717, 1.165) is 51.0 Å². The lowest BCUT2D eigenvalue weighted by Gasteiger charge is -2.36. The molecular weight excluding hydrogens is 488 g/mol. The molecule has 5 rings (SSSR count). The van der Waals surface area contributed by atoms with E-state index in [-0.39, 0.29) is 17.3 Å². The number of aromatic nitrogens is 1. The maximum atomic E-state index is 12.8. The smallest absolute Gasteiger partial charge is 0.242 e. The quantitative estimate of drug-likeness (QED) is 0.342. The van der Waals surface area contributed by atoms with E-state index < -0.39 is 10.0 Å². The lowest BCUT2D eigenvalue weighted by Crippen LogP contribution is -2.46. The topological polar surface area (TPSA) is 65.5 Å². The van der Waals surface area contributed by atoms with E-state index in [9.17, 15) is 8.42 Å². The molecule has 1 fully saturated rings. The number of hydrogen-bond acceptors (Lipinski definition) is 6. The second-order valence-electron chi connectivity index (χ2n) is 8.40. The normalized spacial score (nSPS) is 15.0. The maximum Gasteiger partial charge on any atom is 0.242 e. The summed E-state index contributed by atoms with van der Waals surface area (Å²) in [5, 5.41) is 5.05. The maximum absolute atomic E-state index is 12.8. The minimum absolute atomic E-state index is 0. The Morgan fingerprint density at radius 2 is 1.74 bits per heavy atom.